The van der Waals surface area contributed by atoms with E-state index in [9.17, 15) is 9.59 Å². The van der Waals surface area contributed by atoms with E-state index < -0.39 is 0 Å². The van der Waals surface area contributed by atoms with Gasteiger partial charge in [0, 0.05) is 26.1 Å². The quantitative estimate of drug-likeness (QED) is 0.728. The molecule has 0 radical (unpaired) electrons. The second kappa shape index (κ2) is 8.99. The van der Waals surface area contributed by atoms with Crippen LogP contribution in [0.5, 0.6) is 5.75 Å². The molecule has 2 aliphatic heterocycles. The lowest BCUT2D eigenvalue weighted by atomic mass is 10.2. The Balaban J connectivity index is 1.36. The van der Waals surface area contributed by atoms with Gasteiger partial charge in [0.05, 0.1) is 6.10 Å². The molecule has 8 nitrogen and oxygen atoms in total. The van der Waals surface area contributed by atoms with E-state index in [0.717, 1.165) is 37.1 Å². The summed E-state index contributed by atoms with van der Waals surface area (Å²) in [6.45, 7) is 5.91. The predicted octanol–water partition coefficient (Wildman–Crippen LogP) is 2.74. The standard InChI is InChI=1S/C21H27N5O3S/c1-14(2)29-16-9-7-15(8-10-16)13-22-19(28)17-5-3-11-25(17)20-23-24-21(30-20)26-12-4-6-18(26)27/h7-10,14,17H,3-6,11-13H2,1-2H3,(H,22,28)/t17-/m0/s1. The summed E-state index contributed by atoms with van der Waals surface area (Å²) < 4.78 is 5.65. The van der Waals surface area contributed by atoms with Crippen LogP contribution in [0.4, 0.5) is 10.3 Å². The molecule has 0 saturated carbocycles. The molecule has 0 spiro atoms. The number of hydrogen-bond donors (Lipinski definition) is 1. The van der Waals surface area contributed by atoms with Crippen molar-refractivity contribution in [3.05, 3.63) is 29.8 Å². The summed E-state index contributed by atoms with van der Waals surface area (Å²) in [5, 5.41) is 12.8. The van der Waals surface area contributed by atoms with Gasteiger partial charge in [-0.05, 0) is 50.8 Å². The summed E-state index contributed by atoms with van der Waals surface area (Å²) in [6.07, 6.45) is 3.26. The average Bonchev–Trinajstić information content (AvgIpc) is 3.46. The summed E-state index contributed by atoms with van der Waals surface area (Å²) in [5.74, 6) is 0.910. The maximum Gasteiger partial charge on any atom is 0.243 e. The summed E-state index contributed by atoms with van der Waals surface area (Å²) >= 11 is 1.39. The minimum Gasteiger partial charge on any atom is -0.491 e. The molecule has 2 aromatic rings. The zero-order valence-electron chi connectivity index (χ0n) is 17.3. The number of rotatable bonds is 7. The predicted molar refractivity (Wildman–Crippen MR) is 116 cm³/mol. The van der Waals surface area contributed by atoms with Gasteiger partial charge in [0.2, 0.25) is 22.1 Å². The molecule has 2 aliphatic rings. The van der Waals surface area contributed by atoms with Crippen LogP contribution in [-0.4, -0.2) is 47.2 Å². The summed E-state index contributed by atoms with van der Waals surface area (Å²) in [7, 11) is 0. The Hall–Kier alpha value is -2.68. The average molecular weight is 430 g/mol. The number of carbonyl (C=O) groups excluding carboxylic acids is 2. The smallest absolute Gasteiger partial charge is 0.243 e. The molecule has 2 fully saturated rings. The summed E-state index contributed by atoms with van der Waals surface area (Å²) in [5.41, 5.74) is 1.02. The molecule has 9 heteroatoms. The van der Waals surface area contributed by atoms with Crippen LogP contribution in [0.2, 0.25) is 0 Å². The second-order valence-corrected chi connectivity index (χ2v) is 8.83. The lowest BCUT2D eigenvalue weighted by Crippen LogP contribution is -2.43. The molecule has 2 saturated heterocycles. The van der Waals surface area contributed by atoms with Gasteiger partial charge < -0.3 is 15.0 Å². The number of amides is 2. The van der Waals surface area contributed by atoms with E-state index >= 15 is 0 Å². The number of nitrogens with one attached hydrogen (secondary N) is 1. The van der Waals surface area contributed by atoms with Crippen LogP contribution >= 0.6 is 11.3 Å². The number of aromatic nitrogens is 2. The Morgan fingerprint density at radius 2 is 1.97 bits per heavy atom. The van der Waals surface area contributed by atoms with Gasteiger partial charge in [0.15, 0.2) is 0 Å². The molecule has 4 rings (SSSR count). The van der Waals surface area contributed by atoms with Crippen LogP contribution in [0.1, 0.15) is 45.1 Å². The Bertz CT molecular complexity index is 898. The summed E-state index contributed by atoms with van der Waals surface area (Å²) in [4.78, 5) is 28.5. The first-order valence-electron chi connectivity index (χ1n) is 10.4. The minimum absolute atomic E-state index is 0.0102. The van der Waals surface area contributed by atoms with E-state index in [4.69, 9.17) is 4.74 Å². The molecule has 3 heterocycles. The second-order valence-electron chi connectivity index (χ2n) is 7.90. The lowest BCUT2D eigenvalue weighted by molar-refractivity contribution is -0.122. The Morgan fingerprint density at radius 1 is 1.20 bits per heavy atom. The Labute approximate surface area is 180 Å². The highest BCUT2D eigenvalue weighted by Gasteiger charge is 2.34. The maximum absolute atomic E-state index is 12.8. The summed E-state index contributed by atoms with van der Waals surface area (Å²) in [6, 6.07) is 7.52. The Kier molecular flexibility index (Phi) is 6.17. The topological polar surface area (TPSA) is 87.7 Å². The number of nitrogens with zero attached hydrogens (tertiary/aromatic N) is 4. The van der Waals surface area contributed by atoms with Crippen molar-refractivity contribution in [1.29, 1.82) is 0 Å². The first kappa shape index (κ1) is 20.6. The van der Waals surface area contributed by atoms with Crippen LogP contribution in [0.25, 0.3) is 0 Å². The van der Waals surface area contributed by atoms with Crippen LogP contribution in [-0.2, 0) is 16.1 Å². The Morgan fingerprint density at radius 3 is 2.67 bits per heavy atom. The van der Waals surface area contributed by atoms with E-state index in [1.165, 1.54) is 11.3 Å². The fourth-order valence-corrected chi connectivity index (χ4v) is 4.78. The van der Waals surface area contributed by atoms with E-state index in [2.05, 4.69) is 15.5 Å². The zero-order chi connectivity index (χ0) is 21.1. The van der Waals surface area contributed by atoms with Crippen molar-refractivity contribution < 1.29 is 14.3 Å². The monoisotopic (exact) mass is 429 g/mol. The first-order valence-corrected chi connectivity index (χ1v) is 11.3. The van der Waals surface area contributed by atoms with Gasteiger partial charge in [-0.2, -0.15) is 0 Å². The lowest BCUT2D eigenvalue weighted by Gasteiger charge is -2.22. The third-order valence-electron chi connectivity index (χ3n) is 5.27. The third kappa shape index (κ3) is 4.56. The third-order valence-corrected chi connectivity index (χ3v) is 6.25. The van der Waals surface area contributed by atoms with Gasteiger partial charge in [-0.15, -0.1) is 10.2 Å². The van der Waals surface area contributed by atoms with Crippen molar-refractivity contribution >= 4 is 33.4 Å². The van der Waals surface area contributed by atoms with Gasteiger partial charge in [-0.1, -0.05) is 23.5 Å². The maximum atomic E-state index is 12.8. The molecule has 1 atom stereocenters. The zero-order valence-corrected chi connectivity index (χ0v) is 18.2. The van der Waals surface area contributed by atoms with E-state index in [0.29, 0.717) is 29.8 Å². The molecule has 1 aromatic heterocycles. The molecule has 2 amide bonds. The van der Waals surface area contributed by atoms with Crippen molar-refractivity contribution in [3.8, 4) is 5.75 Å². The molecule has 0 bridgehead atoms. The van der Waals surface area contributed by atoms with E-state index in [-0.39, 0.29) is 24.0 Å². The number of hydrogen-bond acceptors (Lipinski definition) is 7. The molecule has 160 valence electrons. The van der Waals surface area contributed by atoms with Gasteiger partial charge >= 0.3 is 0 Å². The number of benzene rings is 1. The molecule has 30 heavy (non-hydrogen) atoms. The molecular formula is C21H27N5O3S. The van der Waals surface area contributed by atoms with Crippen molar-refractivity contribution in [1.82, 2.24) is 15.5 Å². The fourth-order valence-electron chi connectivity index (χ4n) is 3.82. The van der Waals surface area contributed by atoms with Gasteiger partial charge in [-0.25, -0.2) is 0 Å². The van der Waals surface area contributed by atoms with Crippen molar-refractivity contribution in [2.45, 2.75) is 58.2 Å². The molecule has 0 unspecified atom stereocenters. The largest absolute Gasteiger partial charge is 0.491 e. The van der Waals surface area contributed by atoms with Crippen molar-refractivity contribution in [3.63, 3.8) is 0 Å². The number of carbonyl (C=O) groups is 2. The van der Waals surface area contributed by atoms with E-state index in [1.54, 1.807) is 4.90 Å². The van der Waals surface area contributed by atoms with Gasteiger partial charge in [0.1, 0.15) is 11.8 Å². The van der Waals surface area contributed by atoms with Crippen molar-refractivity contribution in [2.75, 3.05) is 22.9 Å². The highest BCUT2D eigenvalue weighted by atomic mass is 32.1. The van der Waals surface area contributed by atoms with Crippen molar-refractivity contribution in [2.24, 2.45) is 0 Å². The van der Waals surface area contributed by atoms with E-state index in [1.807, 2.05) is 43.0 Å². The fraction of sp³-hybridized carbons (Fsp3) is 0.524. The SMILES string of the molecule is CC(C)Oc1ccc(CNC(=O)[C@@H]2CCCN2c2nnc(N3CCCC3=O)s2)cc1. The van der Waals surface area contributed by atoms with Crippen LogP contribution in [0.15, 0.2) is 24.3 Å². The normalized spacial score (nSPS) is 19.0. The molecular weight excluding hydrogens is 402 g/mol. The van der Waals surface area contributed by atoms with Gasteiger partial charge in [-0.3, -0.25) is 14.5 Å². The minimum atomic E-state index is -0.261. The highest BCUT2D eigenvalue weighted by Crippen LogP contribution is 2.33. The number of ether oxygens (including phenoxy) is 1. The number of anilines is 2. The van der Waals surface area contributed by atoms with Crippen LogP contribution in [0.3, 0.4) is 0 Å². The molecule has 1 aromatic carbocycles. The molecule has 1 N–H and O–H groups in total. The van der Waals surface area contributed by atoms with Crippen LogP contribution in [0, 0.1) is 0 Å². The van der Waals surface area contributed by atoms with Crippen LogP contribution < -0.4 is 19.9 Å². The highest BCUT2D eigenvalue weighted by molar-refractivity contribution is 7.19. The molecule has 0 aliphatic carbocycles. The first-order chi connectivity index (χ1) is 14.5. The van der Waals surface area contributed by atoms with Gasteiger partial charge in [0.25, 0.3) is 0 Å².